The zero-order chi connectivity index (χ0) is 7.98. The van der Waals surface area contributed by atoms with Crippen LogP contribution in [0.5, 0.6) is 0 Å². The molecular weight excluding hydrogens is 134 g/mol. The third-order valence-electron chi connectivity index (χ3n) is 0.943. The van der Waals surface area contributed by atoms with Crippen molar-refractivity contribution in [1.82, 2.24) is 0 Å². The summed E-state index contributed by atoms with van der Waals surface area (Å²) in [6, 6.07) is 1.61. The Morgan fingerprint density at radius 1 is 1.90 bits per heavy atom. The summed E-state index contributed by atoms with van der Waals surface area (Å²) in [5.74, 6) is -2.16. The predicted molar refractivity (Wildman–Crippen MR) is 33.2 cm³/mol. The molecule has 0 rings (SSSR count). The first kappa shape index (κ1) is 8.92. The van der Waals surface area contributed by atoms with E-state index in [1.807, 2.05) is 0 Å². The lowest BCUT2D eigenvalue weighted by molar-refractivity contribution is -0.141. The maximum Gasteiger partial charge on any atom is 0.323 e. The van der Waals surface area contributed by atoms with Crippen molar-refractivity contribution in [2.24, 2.45) is 5.92 Å². The number of hydrogen-bond acceptors (Lipinski definition) is 3. The van der Waals surface area contributed by atoms with Crippen LogP contribution in [0.1, 0.15) is 6.92 Å². The van der Waals surface area contributed by atoms with E-state index >= 15 is 0 Å². The van der Waals surface area contributed by atoms with Crippen molar-refractivity contribution in [1.29, 1.82) is 5.26 Å². The van der Waals surface area contributed by atoms with Gasteiger partial charge in [0.1, 0.15) is 0 Å². The van der Waals surface area contributed by atoms with E-state index in [-0.39, 0.29) is 6.61 Å². The number of rotatable bonds is 4. The van der Waals surface area contributed by atoms with Gasteiger partial charge in [-0.15, -0.1) is 0 Å². The molecule has 0 aromatic rings. The Kier molecular flexibility index (Phi) is 4.25. The zero-order valence-electron chi connectivity index (χ0n) is 5.70. The summed E-state index contributed by atoms with van der Waals surface area (Å²) < 4.78 is 4.74. The molecule has 0 aliphatic rings. The number of carboxylic acids is 1. The first-order chi connectivity index (χ1) is 4.72. The fourth-order valence-corrected chi connectivity index (χ4v) is 0.399. The first-order valence-electron chi connectivity index (χ1n) is 2.92. The summed E-state index contributed by atoms with van der Waals surface area (Å²) in [4.78, 5) is 10.1. The topological polar surface area (TPSA) is 70.3 Å². The van der Waals surface area contributed by atoms with E-state index in [0.29, 0.717) is 6.61 Å². The highest BCUT2D eigenvalue weighted by molar-refractivity contribution is 5.72. The molecule has 0 aliphatic heterocycles. The van der Waals surface area contributed by atoms with Crippen molar-refractivity contribution < 1.29 is 14.6 Å². The minimum atomic E-state index is -1.13. The zero-order valence-corrected chi connectivity index (χ0v) is 5.70. The van der Waals surface area contributed by atoms with Crippen molar-refractivity contribution in [2.75, 3.05) is 13.2 Å². The molecule has 10 heavy (non-hydrogen) atoms. The number of nitrogens with zero attached hydrogens (tertiary/aromatic N) is 1. The van der Waals surface area contributed by atoms with E-state index in [9.17, 15) is 4.79 Å². The summed E-state index contributed by atoms with van der Waals surface area (Å²) in [5, 5.41) is 16.5. The lowest BCUT2D eigenvalue weighted by Gasteiger charge is -2.01. The van der Waals surface area contributed by atoms with Gasteiger partial charge in [0.2, 0.25) is 0 Å². The molecule has 0 radical (unpaired) electrons. The summed E-state index contributed by atoms with van der Waals surface area (Å²) in [7, 11) is 0. The van der Waals surface area contributed by atoms with E-state index in [1.165, 1.54) is 0 Å². The largest absolute Gasteiger partial charge is 0.480 e. The van der Waals surface area contributed by atoms with Crippen LogP contribution >= 0.6 is 0 Å². The Labute approximate surface area is 59.0 Å². The van der Waals surface area contributed by atoms with Crippen LogP contribution in [0.15, 0.2) is 0 Å². The molecule has 56 valence electrons. The number of carbonyl (C=O) groups is 1. The molecule has 4 nitrogen and oxygen atoms in total. The van der Waals surface area contributed by atoms with Gasteiger partial charge in [-0.2, -0.15) is 5.26 Å². The highest BCUT2D eigenvalue weighted by Gasteiger charge is 2.15. The summed E-state index contributed by atoms with van der Waals surface area (Å²) in [5.41, 5.74) is 0. The van der Waals surface area contributed by atoms with E-state index in [2.05, 4.69) is 0 Å². The second-order valence-corrected chi connectivity index (χ2v) is 1.68. The summed E-state index contributed by atoms with van der Waals surface area (Å²) >= 11 is 0. The second-order valence-electron chi connectivity index (χ2n) is 1.68. The molecule has 0 heterocycles. The SMILES string of the molecule is CCOCC(C#N)C(=O)O. The lowest BCUT2D eigenvalue weighted by Crippen LogP contribution is -2.17. The van der Waals surface area contributed by atoms with Gasteiger partial charge in [-0.3, -0.25) is 4.79 Å². The van der Waals surface area contributed by atoms with Gasteiger partial charge < -0.3 is 9.84 Å². The van der Waals surface area contributed by atoms with Crippen molar-refractivity contribution in [3.63, 3.8) is 0 Å². The molecule has 0 aromatic heterocycles. The lowest BCUT2D eigenvalue weighted by atomic mass is 10.2. The maximum absolute atomic E-state index is 10.1. The Hall–Kier alpha value is -1.08. The standard InChI is InChI=1S/C6H9NO3/c1-2-10-4-5(3-7)6(8)9/h5H,2,4H2,1H3,(H,8,9). The number of carboxylic acid groups (broad SMARTS) is 1. The molecule has 1 atom stereocenters. The number of hydrogen-bond donors (Lipinski definition) is 1. The second kappa shape index (κ2) is 4.77. The van der Waals surface area contributed by atoms with Gasteiger partial charge in [0.05, 0.1) is 12.7 Å². The first-order valence-corrected chi connectivity index (χ1v) is 2.92. The van der Waals surface area contributed by atoms with Gasteiger partial charge in [-0.05, 0) is 6.92 Å². The molecule has 0 amide bonds. The average molecular weight is 143 g/mol. The molecule has 0 spiro atoms. The summed E-state index contributed by atoms with van der Waals surface area (Å²) in [6.45, 7) is 2.16. The van der Waals surface area contributed by atoms with Crippen LogP contribution in [-0.2, 0) is 9.53 Å². The van der Waals surface area contributed by atoms with E-state index in [1.54, 1.807) is 13.0 Å². The highest BCUT2D eigenvalue weighted by Crippen LogP contribution is 1.94. The van der Waals surface area contributed by atoms with Crippen LogP contribution in [0.25, 0.3) is 0 Å². The Morgan fingerprint density at radius 3 is 2.80 bits per heavy atom. The molecule has 0 bridgehead atoms. The van der Waals surface area contributed by atoms with Crippen LogP contribution in [0.3, 0.4) is 0 Å². The highest BCUT2D eigenvalue weighted by atomic mass is 16.5. The Balaban J connectivity index is 3.64. The third-order valence-corrected chi connectivity index (χ3v) is 0.943. The Morgan fingerprint density at radius 2 is 2.50 bits per heavy atom. The Bertz CT molecular complexity index is 150. The third kappa shape index (κ3) is 3.05. The monoisotopic (exact) mass is 143 g/mol. The number of ether oxygens (including phenoxy) is 1. The molecule has 0 aromatic carbocycles. The van der Waals surface area contributed by atoms with Gasteiger partial charge in [0.15, 0.2) is 5.92 Å². The fourth-order valence-electron chi connectivity index (χ4n) is 0.399. The minimum Gasteiger partial charge on any atom is -0.480 e. The average Bonchev–Trinajstić information content (AvgIpc) is 1.89. The molecule has 1 N–H and O–H groups in total. The molecule has 0 saturated heterocycles. The van der Waals surface area contributed by atoms with E-state index < -0.39 is 11.9 Å². The predicted octanol–water partition coefficient (Wildman–Crippen LogP) is 0.247. The molecule has 0 aliphatic carbocycles. The van der Waals surface area contributed by atoms with Crippen LogP contribution in [0.4, 0.5) is 0 Å². The van der Waals surface area contributed by atoms with Crippen molar-refractivity contribution in [3.05, 3.63) is 0 Å². The minimum absolute atomic E-state index is 0.0255. The van der Waals surface area contributed by atoms with Crippen molar-refractivity contribution in [3.8, 4) is 6.07 Å². The summed E-state index contributed by atoms with van der Waals surface area (Å²) in [6.07, 6.45) is 0. The molecule has 1 unspecified atom stereocenters. The van der Waals surface area contributed by atoms with Gasteiger partial charge in [-0.1, -0.05) is 0 Å². The normalized spacial score (nSPS) is 12.0. The quantitative estimate of drug-likeness (QED) is 0.612. The molecule has 4 heteroatoms. The van der Waals surface area contributed by atoms with Gasteiger partial charge in [-0.25, -0.2) is 0 Å². The van der Waals surface area contributed by atoms with Crippen LogP contribution in [0.2, 0.25) is 0 Å². The van der Waals surface area contributed by atoms with E-state index in [0.717, 1.165) is 0 Å². The van der Waals surface area contributed by atoms with Crippen LogP contribution in [-0.4, -0.2) is 24.3 Å². The maximum atomic E-state index is 10.1. The fraction of sp³-hybridized carbons (Fsp3) is 0.667. The number of nitriles is 1. The molecule has 0 saturated carbocycles. The van der Waals surface area contributed by atoms with Gasteiger partial charge in [0, 0.05) is 6.61 Å². The molecule has 0 fully saturated rings. The van der Waals surface area contributed by atoms with Gasteiger partial charge >= 0.3 is 5.97 Å². The van der Waals surface area contributed by atoms with E-state index in [4.69, 9.17) is 15.1 Å². The van der Waals surface area contributed by atoms with Gasteiger partial charge in [0.25, 0.3) is 0 Å². The smallest absolute Gasteiger partial charge is 0.323 e. The van der Waals surface area contributed by atoms with Crippen LogP contribution in [0, 0.1) is 17.2 Å². The van der Waals surface area contributed by atoms with Crippen molar-refractivity contribution in [2.45, 2.75) is 6.92 Å². The van der Waals surface area contributed by atoms with Crippen LogP contribution < -0.4 is 0 Å². The van der Waals surface area contributed by atoms with Crippen molar-refractivity contribution >= 4 is 5.97 Å². The number of aliphatic carboxylic acids is 1. The molecular formula is C6H9NO3.